The van der Waals surface area contributed by atoms with Gasteiger partial charge in [0.25, 0.3) is 0 Å². The molecule has 0 bridgehead atoms. The summed E-state index contributed by atoms with van der Waals surface area (Å²) in [6, 6.07) is 8.04. The lowest BCUT2D eigenvalue weighted by molar-refractivity contribution is -0.130. The van der Waals surface area contributed by atoms with Crippen molar-refractivity contribution in [2.24, 2.45) is 11.8 Å². The minimum Gasteiger partial charge on any atom is -0.478 e. The molecule has 1 saturated heterocycles. The van der Waals surface area contributed by atoms with Gasteiger partial charge in [0.2, 0.25) is 5.91 Å². The van der Waals surface area contributed by atoms with Crippen molar-refractivity contribution in [1.82, 2.24) is 14.7 Å². The molecule has 6 heteroatoms. The van der Waals surface area contributed by atoms with Crippen molar-refractivity contribution >= 4 is 11.9 Å². The van der Waals surface area contributed by atoms with Gasteiger partial charge in [0.15, 0.2) is 0 Å². The van der Waals surface area contributed by atoms with Gasteiger partial charge in [0.05, 0.1) is 18.3 Å². The van der Waals surface area contributed by atoms with Crippen molar-refractivity contribution in [3.05, 3.63) is 53.3 Å². The molecule has 0 radical (unpaired) electrons. The van der Waals surface area contributed by atoms with Crippen molar-refractivity contribution in [3.8, 4) is 0 Å². The van der Waals surface area contributed by atoms with Crippen LogP contribution in [0.3, 0.4) is 0 Å². The Morgan fingerprint density at radius 2 is 1.91 bits per heavy atom. The molecular weight excluding hydrogens is 294 g/mol. The fraction of sp³-hybridized carbons (Fsp3) is 0.353. The van der Waals surface area contributed by atoms with Crippen molar-refractivity contribution in [1.29, 1.82) is 0 Å². The zero-order valence-corrected chi connectivity index (χ0v) is 12.6. The highest BCUT2D eigenvalue weighted by Gasteiger charge is 2.51. The summed E-state index contributed by atoms with van der Waals surface area (Å²) in [6.45, 7) is 2.11. The molecule has 1 aliphatic heterocycles. The number of carboxylic acid groups (broad SMARTS) is 1. The van der Waals surface area contributed by atoms with Crippen LogP contribution >= 0.6 is 0 Å². The molecule has 1 aromatic carbocycles. The number of piperidine rings is 1. The van der Waals surface area contributed by atoms with Crippen molar-refractivity contribution < 1.29 is 14.7 Å². The van der Waals surface area contributed by atoms with Crippen LogP contribution in [0.5, 0.6) is 0 Å². The average Bonchev–Trinajstić information content (AvgIpc) is 3.02. The van der Waals surface area contributed by atoms with Gasteiger partial charge in [0, 0.05) is 25.2 Å². The number of carbonyl (C=O) groups is 2. The highest BCUT2D eigenvalue weighted by atomic mass is 16.4. The summed E-state index contributed by atoms with van der Waals surface area (Å²) in [6.07, 6.45) is 3.95. The predicted molar refractivity (Wildman–Crippen MR) is 81.7 cm³/mol. The van der Waals surface area contributed by atoms with Crippen LogP contribution < -0.4 is 0 Å². The molecule has 1 saturated carbocycles. The Hall–Kier alpha value is -2.63. The molecule has 4 rings (SSSR count). The van der Waals surface area contributed by atoms with Gasteiger partial charge in [-0.15, -0.1) is 0 Å². The number of benzene rings is 1. The minimum absolute atomic E-state index is 0.188. The van der Waals surface area contributed by atoms with Gasteiger partial charge < -0.3 is 10.0 Å². The maximum absolute atomic E-state index is 12.0. The molecule has 118 valence electrons. The van der Waals surface area contributed by atoms with Gasteiger partial charge >= 0.3 is 5.97 Å². The van der Waals surface area contributed by atoms with E-state index in [2.05, 4.69) is 5.10 Å². The summed E-state index contributed by atoms with van der Waals surface area (Å²) < 4.78 is 1.61. The third kappa shape index (κ3) is 2.72. The lowest BCUT2D eigenvalue weighted by Gasteiger charge is -2.18. The van der Waals surface area contributed by atoms with Crippen LogP contribution in [0.15, 0.2) is 36.7 Å². The Labute approximate surface area is 133 Å². The zero-order valence-electron chi connectivity index (χ0n) is 12.6. The summed E-state index contributed by atoms with van der Waals surface area (Å²) in [5.74, 6) is 0.235. The number of hydrogen-bond acceptors (Lipinski definition) is 3. The molecular formula is C17H17N3O3. The summed E-state index contributed by atoms with van der Waals surface area (Å²) >= 11 is 0. The quantitative estimate of drug-likeness (QED) is 0.910. The van der Waals surface area contributed by atoms with E-state index in [0.717, 1.165) is 24.1 Å². The molecule has 2 atom stereocenters. The summed E-state index contributed by atoms with van der Waals surface area (Å²) in [4.78, 5) is 24.8. The second-order valence-electron chi connectivity index (χ2n) is 6.37. The fourth-order valence-electron chi connectivity index (χ4n) is 3.22. The van der Waals surface area contributed by atoms with Gasteiger partial charge in [-0.25, -0.2) is 4.79 Å². The second kappa shape index (κ2) is 5.22. The highest BCUT2D eigenvalue weighted by molar-refractivity contribution is 5.86. The van der Waals surface area contributed by atoms with Gasteiger partial charge in [0.1, 0.15) is 0 Å². The third-order valence-electron chi connectivity index (χ3n) is 4.63. The summed E-state index contributed by atoms with van der Waals surface area (Å²) in [7, 11) is 0. The number of likely N-dealkylation sites (tertiary alicyclic amines) is 1. The van der Waals surface area contributed by atoms with E-state index in [4.69, 9.17) is 5.11 Å². The van der Waals surface area contributed by atoms with Gasteiger partial charge in [-0.2, -0.15) is 5.10 Å². The Bertz CT molecular complexity index is 766. The van der Waals surface area contributed by atoms with Crippen LogP contribution in [0.25, 0.3) is 0 Å². The van der Waals surface area contributed by atoms with Crippen LogP contribution in [-0.2, 0) is 17.9 Å². The van der Waals surface area contributed by atoms with Crippen molar-refractivity contribution in [2.75, 3.05) is 6.54 Å². The van der Waals surface area contributed by atoms with E-state index < -0.39 is 5.97 Å². The first-order valence-corrected chi connectivity index (χ1v) is 7.72. The topological polar surface area (TPSA) is 75.4 Å². The molecule has 1 aliphatic carbocycles. The number of carboxylic acids is 1. The number of rotatable bonds is 5. The van der Waals surface area contributed by atoms with Crippen molar-refractivity contribution in [3.63, 3.8) is 0 Å². The van der Waals surface area contributed by atoms with Crippen LogP contribution in [0.4, 0.5) is 0 Å². The van der Waals surface area contributed by atoms with E-state index in [9.17, 15) is 9.59 Å². The number of carbonyl (C=O) groups excluding carboxylic acids is 1. The molecule has 2 aromatic rings. The molecule has 2 unspecified atom stereocenters. The first-order valence-electron chi connectivity index (χ1n) is 7.72. The zero-order chi connectivity index (χ0) is 16.0. The maximum Gasteiger partial charge on any atom is 0.338 e. The molecule has 6 nitrogen and oxygen atoms in total. The lowest BCUT2D eigenvalue weighted by Crippen LogP contribution is -2.27. The SMILES string of the molecule is O=C(O)c1cnn(Cc2ccc(CN3CC4CC4C3=O)cc2)c1. The Morgan fingerprint density at radius 3 is 2.48 bits per heavy atom. The molecule has 1 N–H and O–H groups in total. The molecule has 0 spiro atoms. The van der Waals surface area contributed by atoms with Gasteiger partial charge in [-0.1, -0.05) is 24.3 Å². The first-order chi connectivity index (χ1) is 11.1. The number of amides is 1. The molecule has 2 heterocycles. The minimum atomic E-state index is -0.972. The summed E-state index contributed by atoms with van der Waals surface area (Å²) in [5.41, 5.74) is 2.35. The fourth-order valence-corrected chi connectivity index (χ4v) is 3.22. The molecule has 1 amide bonds. The number of aromatic carboxylic acids is 1. The van der Waals surface area contributed by atoms with E-state index in [0.29, 0.717) is 30.8 Å². The van der Waals surface area contributed by atoms with Crippen LogP contribution in [0, 0.1) is 11.8 Å². The lowest BCUT2D eigenvalue weighted by atomic mass is 10.1. The van der Waals surface area contributed by atoms with Gasteiger partial charge in [-0.3, -0.25) is 9.48 Å². The smallest absolute Gasteiger partial charge is 0.338 e. The normalized spacial score (nSPS) is 22.3. The highest BCUT2D eigenvalue weighted by Crippen LogP contribution is 2.46. The molecule has 1 aromatic heterocycles. The number of aromatic nitrogens is 2. The van der Waals surface area contributed by atoms with E-state index in [1.54, 1.807) is 4.68 Å². The Morgan fingerprint density at radius 1 is 1.22 bits per heavy atom. The van der Waals surface area contributed by atoms with Gasteiger partial charge in [-0.05, 0) is 23.5 Å². The largest absolute Gasteiger partial charge is 0.478 e. The van der Waals surface area contributed by atoms with E-state index in [-0.39, 0.29) is 5.56 Å². The maximum atomic E-state index is 12.0. The Kier molecular flexibility index (Phi) is 3.18. The standard InChI is InChI=1S/C17H17N3O3/c21-16-15-5-13(15)9-19(16)7-11-1-3-12(4-2-11)8-20-10-14(6-18-20)17(22)23/h1-4,6,10,13,15H,5,7-9H2,(H,22,23). The molecule has 23 heavy (non-hydrogen) atoms. The number of fused-ring (bicyclic) bond motifs is 1. The van der Waals surface area contributed by atoms with Crippen LogP contribution in [-0.4, -0.2) is 38.2 Å². The molecule has 2 fully saturated rings. The monoisotopic (exact) mass is 311 g/mol. The van der Waals surface area contributed by atoms with E-state index >= 15 is 0 Å². The predicted octanol–water partition coefficient (Wildman–Crippen LogP) is 1.61. The van der Waals surface area contributed by atoms with E-state index in [1.165, 1.54) is 12.4 Å². The summed E-state index contributed by atoms with van der Waals surface area (Å²) in [5, 5.41) is 12.9. The van der Waals surface area contributed by atoms with Crippen molar-refractivity contribution in [2.45, 2.75) is 19.5 Å². The first kappa shape index (κ1) is 14.0. The third-order valence-corrected chi connectivity index (χ3v) is 4.63. The number of nitrogens with zero attached hydrogens (tertiary/aromatic N) is 3. The van der Waals surface area contributed by atoms with Crippen LogP contribution in [0.2, 0.25) is 0 Å². The second-order valence-corrected chi connectivity index (χ2v) is 6.37. The average molecular weight is 311 g/mol. The Balaban J connectivity index is 1.39. The molecule has 2 aliphatic rings. The van der Waals surface area contributed by atoms with Crippen LogP contribution in [0.1, 0.15) is 27.9 Å². The van der Waals surface area contributed by atoms with E-state index in [1.807, 2.05) is 29.2 Å². The number of hydrogen-bond donors (Lipinski definition) is 1.